The number of carbonyl (C=O) groups excluding carboxylic acids is 1. The molecular formula is C12H15FN2O4. The number of ether oxygens (including phenoxy) is 1. The summed E-state index contributed by atoms with van der Waals surface area (Å²) in [4.78, 5) is 22.3. The van der Waals surface area contributed by atoms with E-state index in [0.29, 0.717) is 6.61 Å². The Labute approximate surface area is 109 Å². The van der Waals surface area contributed by atoms with Crippen LogP contribution in [0.25, 0.3) is 0 Å². The predicted octanol–water partition coefficient (Wildman–Crippen LogP) is 1.68. The van der Waals surface area contributed by atoms with Crippen LogP contribution >= 0.6 is 0 Å². The summed E-state index contributed by atoms with van der Waals surface area (Å²) in [5, 5.41) is 13.7. The molecule has 3 N–H and O–H groups in total. The maximum Gasteiger partial charge on any atom is 0.338 e. The third-order valence-electron chi connectivity index (χ3n) is 2.25. The van der Waals surface area contributed by atoms with Crippen molar-refractivity contribution in [3.63, 3.8) is 0 Å². The first-order valence-electron chi connectivity index (χ1n) is 5.53. The quantitative estimate of drug-likeness (QED) is 0.759. The molecule has 0 fully saturated rings. The number of rotatable bonds is 5. The average molecular weight is 270 g/mol. The first kappa shape index (κ1) is 14.9. The van der Waals surface area contributed by atoms with Crippen molar-refractivity contribution in [2.24, 2.45) is 0 Å². The fraction of sp³-hybridized carbons (Fsp3) is 0.333. The van der Waals surface area contributed by atoms with Crippen molar-refractivity contribution in [3.8, 4) is 0 Å². The van der Waals surface area contributed by atoms with Crippen molar-refractivity contribution < 1.29 is 23.8 Å². The maximum absolute atomic E-state index is 13.1. The standard InChI is InChI=1S/C12H15FN2O4/c1-7(6-19-2)14-12(18)15-8-3-4-10(13)9(5-8)11(16)17/h3-5,7H,6H2,1-2H3,(H,16,17)(H2,14,15,18). The van der Waals surface area contributed by atoms with E-state index in [2.05, 4.69) is 10.6 Å². The van der Waals surface area contributed by atoms with E-state index in [9.17, 15) is 14.0 Å². The molecule has 0 heterocycles. The minimum Gasteiger partial charge on any atom is -0.478 e. The van der Waals surface area contributed by atoms with E-state index in [-0.39, 0.29) is 11.7 Å². The zero-order valence-electron chi connectivity index (χ0n) is 10.6. The van der Waals surface area contributed by atoms with Gasteiger partial charge < -0.3 is 20.5 Å². The van der Waals surface area contributed by atoms with Gasteiger partial charge >= 0.3 is 12.0 Å². The summed E-state index contributed by atoms with van der Waals surface area (Å²) in [6.07, 6.45) is 0. The Kier molecular flexibility index (Phi) is 5.25. The number of amides is 2. The molecule has 1 aromatic carbocycles. The number of carboxylic acid groups (broad SMARTS) is 1. The second kappa shape index (κ2) is 6.69. The van der Waals surface area contributed by atoms with Gasteiger partial charge in [0.05, 0.1) is 18.2 Å². The van der Waals surface area contributed by atoms with Gasteiger partial charge in [0.2, 0.25) is 0 Å². The largest absolute Gasteiger partial charge is 0.478 e. The molecule has 1 aromatic rings. The van der Waals surface area contributed by atoms with Crippen LogP contribution in [0, 0.1) is 5.82 Å². The van der Waals surface area contributed by atoms with Crippen LogP contribution in [0.1, 0.15) is 17.3 Å². The van der Waals surface area contributed by atoms with Gasteiger partial charge in [-0.2, -0.15) is 0 Å². The predicted molar refractivity (Wildman–Crippen MR) is 66.9 cm³/mol. The lowest BCUT2D eigenvalue weighted by molar-refractivity contribution is 0.0692. The number of nitrogens with one attached hydrogen (secondary N) is 2. The number of methoxy groups -OCH3 is 1. The number of carboxylic acids is 1. The Bertz CT molecular complexity index is 479. The molecule has 6 nitrogen and oxygen atoms in total. The van der Waals surface area contributed by atoms with Crippen molar-refractivity contribution >= 4 is 17.7 Å². The molecule has 1 unspecified atom stereocenters. The van der Waals surface area contributed by atoms with Crippen LogP contribution in [-0.2, 0) is 4.74 Å². The molecule has 104 valence electrons. The van der Waals surface area contributed by atoms with Crippen LogP contribution < -0.4 is 10.6 Å². The van der Waals surface area contributed by atoms with Gasteiger partial charge in [0.25, 0.3) is 0 Å². The highest BCUT2D eigenvalue weighted by molar-refractivity contribution is 5.93. The third kappa shape index (κ3) is 4.55. The van der Waals surface area contributed by atoms with Crippen LogP contribution in [0.5, 0.6) is 0 Å². The fourth-order valence-corrected chi connectivity index (χ4v) is 1.45. The number of carbonyl (C=O) groups is 2. The zero-order valence-corrected chi connectivity index (χ0v) is 10.6. The monoisotopic (exact) mass is 270 g/mol. The molecule has 0 saturated heterocycles. The number of anilines is 1. The summed E-state index contributed by atoms with van der Waals surface area (Å²) < 4.78 is 18.0. The molecule has 2 amide bonds. The summed E-state index contributed by atoms with van der Waals surface area (Å²) in [6.45, 7) is 2.09. The minimum atomic E-state index is -1.39. The lowest BCUT2D eigenvalue weighted by Crippen LogP contribution is -2.38. The van der Waals surface area contributed by atoms with Crippen LogP contribution in [0.4, 0.5) is 14.9 Å². The number of urea groups is 1. The molecule has 0 aliphatic carbocycles. The number of halogens is 1. The summed E-state index contributed by atoms with van der Waals surface area (Å²) in [5.41, 5.74) is -0.302. The number of hydrogen-bond donors (Lipinski definition) is 3. The van der Waals surface area contributed by atoms with Crippen molar-refractivity contribution in [2.75, 3.05) is 19.0 Å². The van der Waals surface area contributed by atoms with Crippen molar-refractivity contribution in [2.45, 2.75) is 13.0 Å². The van der Waals surface area contributed by atoms with Crippen LogP contribution in [0.2, 0.25) is 0 Å². The second-order valence-corrected chi connectivity index (χ2v) is 3.95. The third-order valence-corrected chi connectivity index (χ3v) is 2.25. The van der Waals surface area contributed by atoms with E-state index in [0.717, 1.165) is 12.1 Å². The van der Waals surface area contributed by atoms with Crippen LogP contribution in [-0.4, -0.2) is 36.9 Å². The van der Waals surface area contributed by atoms with Crippen molar-refractivity contribution in [1.82, 2.24) is 5.32 Å². The second-order valence-electron chi connectivity index (χ2n) is 3.95. The van der Waals surface area contributed by atoms with E-state index < -0.39 is 23.4 Å². The molecule has 0 spiro atoms. The van der Waals surface area contributed by atoms with Crippen LogP contribution in [0.15, 0.2) is 18.2 Å². The first-order valence-corrected chi connectivity index (χ1v) is 5.53. The highest BCUT2D eigenvalue weighted by Gasteiger charge is 2.12. The highest BCUT2D eigenvalue weighted by atomic mass is 19.1. The van der Waals surface area contributed by atoms with Gasteiger partial charge in [-0.1, -0.05) is 0 Å². The molecule has 0 radical (unpaired) electrons. The molecule has 1 rings (SSSR count). The van der Waals surface area contributed by atoms with Crippen molar-refractivity contribution in [1.29, 1.82) is 0 Å². The topological polar surface area (TPSA) is 87.7 Å². The van der Waals surface area contributed by atoms with E-state index in [1.54, 1.807) is 6.92 Å². The minimum absolute atomic E-state index is 0.195. The molecule has 19 heavy (non-hydrogen) atoms. The van der Waals surface area contributed by atoms with Gasteiger partial charge in [-0.05, 0) is 25.1 Å². The molecule has 7 heteroatoms. The van der Waals surface area contributed by atoms with Gasteiger partial charge in [-0.3, -0.25) is 0 Å². The van der Waals surface area contributed by atoms with Gasteiger partial charge in [0.15, 0.2) is 0 Å². The molecule has 1 atom stereocenters. The molecule has 0 aliphatic heterocycles. The Balaban J connectivity index is 2.69. The van der Waals surface area contributed by atoms with E-state index in [4.69, 9.17) is 9.84 Å². The zero-order chi connectivity index (χ0) is 14.4. The van der Waals surface area contributed by atoms with Crippen molar-refractivity contribution in [3.05, 3.63) is 29.6 Å². The van der Waals surface area contributed by atoms with Gasteiger partial charge in [-0.15, -0.1) is 0 Å². The number of aromatic carboxylic acids is 1. The van der Waals surface area contributed by atoms with E-state index >= 15 is 0 Å². The fourth-order valence-electron chi connectivity index (χ4n) is 1.45. The molecule has 0 saturated carbocycles. The van der Waals surface area contributed by atoms with Gasteiger partial charge in [0.1, 0.15) is 5.82 Å². The first-order chi connectivity index (χ1) is 8.93. The summed E-state index contributed by atoms with van der Waals surface area (Å²) in [7, 11) is 1.51. The summed E-state index contributed by atoms with van der Waals surface area (Å²) >= 11 is 0. The van der Waals surface area contributed by atoms with E-state index in [1.165, 1.54) is 13.2 Å². The summed E-state index contributed by atoms with van der Waals surface area (Å²) in [5.74, 6) is -2.25. The lowest BCUT2D eigenvalue weighted by atomic mass is 10.2. The normalized spacial score (nSPS) is 11.7. The maximum atomic E-state index is 13.1. The molecule has 0 aliphatic rings. The smallest absolute Gasteiger partial charge is 0.338 e. The van der Waals surface area contributed by atoms with Gasteiger partial charge in [0, 0.05) is 12.8 Å². The summed E-state index contributed by atoms with van der Waals surface area (Å²) in [6, 6.07) is 2.59. The highest BCUT2D eigenvalue weighted by Crippen LogP contribution is 2.14. The molecular weight excluding hydrogens is 255 g/mol. The molecule has 0 aromatic heterocycles. The number of benzene rings is 1. The number of hydrogen-bond acceptors (Lipinski definition) is 3. The molecule has 0 bridgehead atoms. The Hall–Kier alpha value is -2.15. The van der Waals surface area contributed by atoms with Crippen LogP contribution in [0.3, 0.4) is 0 Å². The average Bonchev–Trinajstić information content (AvgIpc) is 2.31. The Morgan fingerprint density at radius 3 is 2.74 bits per heavy atom. The Morgan fingerprint density at radius 2 is 2.16 bits per heavy atom. The SMILES string of the molecule is COCC(C)NC(=O)Nc1ccc(F)c(C(=O)O)c1. The van der Waals surface area contributed by atoms with E-state index in [1.807, 2.05) is 0 Å². The van der Waals surface area contributed by atoms with Gasteiger partial charge in [-0.25, -0.2) is 14.0 Å². The Morgan fingerprint density at radius 1 is 1.47 bits per heavy atom. The lowest BCUT2D eigenvalue weighted by Gasteiger charge is -2.13.